The first-order valence-corrected chi connectivity index (χ1v) is 7.08. The molecule has 26 heavy (non-hydrogen) atoms. The third-order valence-corrected chi connectivity index (χ3v) is 2.97. The standard InChI is InChI=1S/C13H12F6N6O/c1-2-25-10(13(17,18)19)5-9(23-25)11(26)21-20-6-8-3-4-24(22-8)7-12(14,15)16/h3-6H,2,7H2,1H3,(H,21,26)/b20-6+. The Balaban J connectivity index is 2.03. The molecule has 0 saturated carbocycles. The van der Waals surface area contributed by atoms with Crippen LogP contribution in [-0.4, -0.2) is 37.9 Å². The van der Waals surface area contributed by atoms with Crippen molar-refractivity contribution in [2.75, 3.05) is 0 Å². The van der Waals surface area contributed by atoms with Crippen LogP contribution in [0.2, 0.25) is 0 Å². The number of carbonyl (C=O) groups is 1. The molecule has 0 fully saturated rings. The molecule has 1 N–H and O–H groups in total. The Kier molecular flexibility index (Phi) is 5.37. The van der Waals surface area contributed by atoms with Crippen molar-refractivity contribution in [2.45, 2.75) is 32.4 Å². The molecule has 0 bridgehead atoms. The van der Waals surface area contributed by atoms with Crippen LogP contribution in [0.5, 0.6) is 0 Å². The lowest BCUT2D eigenvalue weighted by Gasteiger charge is -2.06. The van der Waals surface area contributed by atoms with E-state index in [-0.39, 0.29) is 12.2 Å². The van der Waals surface area contributed by atoms with E-state index in [0.29, 0.717) is 15.4 Å². The van der Waals surface area contributed by atoms with Gasteiger partial charge in [0.05, 0.1) is 6.21 Å². The van der Waals surface area contributed by atoms with Crippen LogP contribution >= 0.6 is 0 Å². The first kappa shape index (κ1) is 19.5. The largest absolute Gasteiger partial charge is 0.433 e. The number of hydrazone groups is 1. The highest BCUT2D eigenvalue weighted by atomic mass is 19.4. The minimum atomic E-state index is -4.67. The van der Waals surface area contributed by atoms with Crippen LogP contribution in [0.15, 0.2) is 23.4 Å². The SMILES string of the molecule is CCn1nc(C(=O)N/N=C/c2ccn(CC(F)(F)F)n2)cc1C(F)(F)F. The van der Waals surface area contributed by atoms with Crippen LogP contribution < -0.4 is 5.43 Å². The molecule has 1 amide bonds. The Bertz CT molecular complexity index is 803. The van der Waals surface area contributed by atoms with Gasteiger partial charge < -0.3 is 0 Å². The third-order valence-electron chi connectivity index (χ3n) is 2.97. The van der Waals surface area contributed by atoms with Gasteiger partial charge in [0.2, 0.25) is 0 Å². The number of amides is 1. The summed E-state index contributed by atoms with van der Waals surface area (Å²) < 4.78 is 76.2. The summed E-state index contributed by atoms with van der Waals surface area (Å²) in [5.41, 5.74) is 0.371. The van der Waals surface area contributed by atoms with Crippen LogP contribution in [-0.2, 0) is 19.3 Å². The van der Waals surface area contributed by atoms with Crippen molar-refractivity contribution in [1.82, 2.24) is 25.0 Å². The van der Waals surface area contributed by atoms with Gasteiger partial charge in [0.15, 0.2) is 5.69 Å². The van der Waals surface area contributed by atoms with E-state index in [9.17, 15) is 31.1 Å². The average molecular weight is 382 g/mol. The summed E-state index contributed by atoms with van der Waals surface area (Å²) in [6.45, 7) is 0.0449. The van der Waals surface area contributed by atoms with E-state index in [4.69, 9.17) is 0 Å². The summed E-state index contributed by atoms with van der Waals surface area (Å²) in [6.07, 6.45) is -7.10. The molecule has 7 nitrogen and oxygen atoms in total. The molecule has 0 unspecified atom stereocenters. The van der Waals surface area contributed by atoms with Gasteiger partial charge in [0.25, 0.3) is 5.91 Å². The van der Waals surface area contributed by atoms with Crippen molar-refractivity contribution in [3.05, 3.63) is 35.4 Å². The zero-order chi connectivity index (χ0) is 19.5. The van der Waals surface area contributed by atoms with Gasteiger partial charge in [0, 0.05) is 18.8 Å². The molecule has 0 radical (unpaired) electrons. The van der Waals surface area contributed by atoms with E-state index in [1.165, 1.54) is 13.0 Å². The van der Waals surface area contributed by atoms with Gasteiger partial charge in [0.1, 0.15) is 17.9 Å². The number of hydrogen-bond donors (Lipinski definition) is 1. The van der Waals surface area contributed by atoms with Gasteiger partial charge in [-0.3, -0.25) is 14.2 Å². The summed E-state index contributed by atoms with van der Waals surface area (Å²) in [5.74, 6) is -1.01. The lowest BCUT2D eigenvalue weighted by Crippen LogP contribution is -2.19. The summed E-state index contributed by atoms with van der Waals surface area (Å²) >= 11 is 0. The number of hydrogen-bond acceptors (Lipinski definition) is 4. The van der Waals surface area contributed by atoms with Gasteiger partial charge in [-0.05, 0) is 13.0 Å². The number of nitrogens with one attached hydrogen (secondary N) is 1. The van der Waals surface area contributed by atoms with Crippen LogP contribution in [0.4, 0.5) is 26.3 Å². The topological polar surface area (TPSA) is 77.1 Å². The van der Waals surface area contributed by atoms with Crippen LogP contribution in [0.3, 0.4) is 0 Å². The number of rotatable bonds is 5. The molecule has 2 aromatic heterocycles. The zero-order valence-corrected chi connectivity index (χ0v) is 13.1. The van der Waals surface area contributed by atoms with Crippen molar-refractivity contribution in [3.63, 3.8) is 0 Å². The number of carbonyl (C=O) groups excluding carboxylic acids is 1. The average Bonchev–Trinajstić information content (AvgIpc) is 3.11. The molecule has 13 heteroatoms. The van der Waals surface area contributed by atoms with E-state index < -0.39 is 36.2 Å². The van der Waals surface area contributed by atoms with E-state index in [0.717, 1.165) is 12.4 Å². The molecule has 0 aliphatic carbocycles. The predicted molar refractivity (Wildman–Crippen MR) is 76.2 cm³/mol. The number of nitrogens with zero attached hydrogens (tertiary/aromatic N) is 5. The Labute approximate surface area is 142 Å². The van der Waals surface area contributed by atoms with Crippen LogP contribution in [0.1, 0.15) is 28.8 Å². The minimum Gasteiger partial charge on any atom is -0.265 e. The number of halogens is 6. The number of aryl methyl sites for hydroxylation is 1. The molecule has 142 valence electrons. The molecule has 2 heterocycles. The molecule has 0 spiro atoms. The maximum atomic E-state index is 12.8. The van der Waals surface area contributed by atoms with Gasteiger partial charge >= 0.3 is 12.4 Å². The quantitative estimate of drug-likeness (QED) is 0.490. The van der Waals surface area contributed by atoms with Gasteiger partial charge in [-0.2, -0.15) is 41.6 Å². The van der Waals surface area contributed by atoms with Gasteiger partial charge in [-0.25, -0.2) is 5.43 Å². The van der Waals surface area contributed by atoms with Crippen LogP contribution in [0, 0.1) is 0 Å². The molecule has 0 aliphatic rings. The molecule has 0 aliphatic heterocycles. The second kappa shape index (κ2) is 7.17. The first-order valence-electron chi connectivity index (χ1n) is 7.08. The van der Waals surface area contributed by atoms with E-state index in [1.54, 1.807) is 0 Å². The van der Waals surface area contributed by atoms with Crippen LogP contribution in [0.25, 0.3) is 0 Å². The Morgan fingerprint density at radius 2 is 1.96 bits per heavy atom. The highest BCUT2D eigenvalue weighted by molar-refractivity contribution is 5.93. The maximum absolute atomic E-state index is 12.8. The highest BCUT2D eigenvalue weighted by Crippen LogP contribution is 2.29. The Morgan fingerprint density at radius 3 is 2.50 bits per heavy atom. The zero-order valence-electron chi connectivity index (χ0n) is 13.1. The molecule has 0 aromatic carbocycles. The van der Waals surface area contributed by atoms with E-state index >= 15 is 0 Å². The van der Waals surface area contributed by atoms with Gasteiger partial charge in [-0.1, -0.05) is 0 Å². The summed E-state index contributed by atoms with van der Waals surface area (Å²) in [4.78, 5) is 11.8. The molecule has 0 saturated heterocycles. The normalized spacial score (nSPS) is 12.7. The predicted octanol–water partition coefficient (Wildman–Crippen LogP) is 2.44. The Hall–Kier alpha value is -2.86. The van der Waals surface area contributed by atoms with Crippen molar-refractivity contribution in [1.29, 1.82) is 0 Å². The lowest BCUT2D eigenvalue weighted by atomic mass is 10.3. The van der Waals surface area contributed by atoms with Crippen molar-refractivity contribution < 1.29 is 31.1 Å². The fourth-order valence-corrected chi connectivity index (χ4v) is 1.93. The van der Waals surface area contributed by atoms with Crippen molar-refractivity contribution >= 4 is 12.1 Å². The van der Waals surface area contributed by atoms with E-state index in [2.05, 4.69) is 15.3 Å². The lowest BCUT2D eigenvalue weighted by molar-refractivity contribution is -0.144. The summed E-state index contributed by atoms with van der Waals surface area (Å²) in [7, 11) is 0. The monoisotopic (exact) mass is 382 g/mol. The van der Waals surface area contributed by atoms with Crippen molar-refractivity contribution in [3.8, 4) is 0 Å². The molecule has 2 rings (SSSR count). The molecule has 0 atom stereocenters. The minimum absolute atomic E-state index is 0.0182. The molecular weight excluding hydrogens is 370 g/mol. The number of aromatic nitrogens is 4. The fraction of sp³-hybridized carbons (Fsp3) is 0.385. The smallest absolute Gasteiger partial charge is 0.265 e. The number of alkyl halides is 6. The summed E-state index contributed by atoms with van der Waals surface area (Å²) in [5, 5.41) is 10.5. The maximum Gasteiger partial charge on any atom is 0.433 e. The first-order chi connectivity index (χ1) is 12.0. The Morgan fingerprint density at radius 1 is 1.27 bits per heavy atom. The molecule has 2 aromatic rings. The van der Waals surface area contributed by atoms with Crippen molar-refractivity contribution in [2.24, 2.45) is 5.10 Å². The molecular formula is C13H12F6N6O. The van der Waals surface area contributed by atoms with Gasteiger partial charge in [-0.15, -0.1) is 0 Å². The second-order valence-corrected chi connectivity index (χ2v) is 4.98. The highest BCUT2D eigenvalue weighted by Gasteiger charge is 2.36. The third kappa shape index (κ3) is 5.07. The fourth-order valence-electron chi connectivity index (χ4n) is 1.93. The summed E-state index contributed by atoms with van der Waals surface area (Å²) in [6, 6.07) is 1.79. The van der Waals surface area contributed by atoms with E-state index in [1.807, 2.05) is 5.43 Å². The second-order valence-electron chi connectivity index (χ2n) is 4.98.